The molecule has 2 heterocycles. The van der Waals surface area contributed by atoms with Crippen molar-refractivity contribution in [3.63, 3.8) is 0 Å². The van der Waals surface area contributed by atoms with Crippen LogP contribution >= 0.6 is 0 Å². The number of likely N-dealkylation sites (tertiary alicyclic amines) is 2. The van der Waals surface area contributed by atoms with E-state index in [0.29, 0.717) is 23.5 Å². The lowest BCUT2D eigenvalue weighted by molar-refractivity contribution is -0.185. The highest BCUT2D eigenvalue weighted by atomic mass is 19.4. The van der Waals surface area contributed by atoms with Gasteiger partial charge in [-0.05, 0) is 52.2 Å². The predicted octanol–water partition coefficient (Wildman–Crippen LogP) is 3.94. The third kappa shape index (κ3) is 6.48. The molecule has 0 radical (unpaired) electrons. The second-order valence-corrected chi connectivity index (χ2v) is 10.7. The summed E-state index contributed by atoms with van der Waals surface area (Å²) < 4.78 is 85.5. The zero-order valence-electron chi connectivity index (χ0n) is 20.8. The van der Waals surface area contributed by atoms with E-state index in [4.69, 9.17) is 4.74 Å². The molecular weight excluding hydrogens is 508 g/mol. The molecule has 0 aromatic heterocycles. The third-order valence-corrected chi connectivity index (χ3v) is 6.68. The number of halogens is 6. The van der Waals surface area contributed by atoms with Crippen molar-refractivity contribution in [3.8, 4) is 0 Å². The Morgan fingerprint density at radius 2 is 1.73 bits per heavy atom. The van der Waals surface area contributed by atoms with Crippen LogP contribution in [0.3, 0.4) is 0 Å². The number of alkyl halides is 3. The minimum absolute atomic E-state index is 0.154. The van der Waals surface area contributed by atoms with Gasteiger partial charge < -0.3 is 19.9 Å². The number of nitrogens with zero attached hydrogens (tertiary/aromatic N) is 2. The number of benzene rings is 1. The minimum atomic E-state index is -5.04. The minimum Gasteiger partial charge on any atom is -0.444 e. The summed E-state index contributed by atoms with van der Waals surface area (Å²) in [5, 5.41) is 2.45. The Bertz CT molecular complexity index is 1070. The highest BCUT2D eigenvalue weighted by molar-refractivity contribution is 5.83. The van der Waals surface area contributed by atoms with Gasteiger partial charge in [-0.1, -0.05) is 0 Å². The number of fused-ring (bicyclic) bond motifs is 1. The van der Waals surface area contributed by atoms with Crippen LogP contribution in [0.5, 0.6) is 0 Å². The number of ether oxygens (including phenoxy) is 1. The first-order valence-electron chi connectivity index (χ1n) is 11.7. The number of nitrogens with one attached hydrogen (secondary N) is 1. The average Bonchev–Trinajstić information content (AvgIpc) is 3.21. The maximum atomic E-state index is 14.3. The molecule has 2 aliphatic heterocycles. The van der Waals surface area contributed by atoms with Gasteiger partial charge in [0.2, 0.25) is 5.91 Å². The molecule has 1 unspecified atom stereocenters. The molecule has 3 amide bonds. The fourth-order valence-corrected chi connectivity index (χ4v) is 4.99. The molecular formula is C24H29F6N3O4. The van der Waals surface area contributed by atoms with Gasteiger partial charge in [-0.25, -0.2) is 18.0 Å². The molecule has 0 spiro atoms. The van der Waals surface area contributed by atoms with Crippen LogP contribution in [0.15, 0.2) is 12.1 Å². The molecule has 2 fully saturated rings. The summed E-state index contributed by atoms with van der Waals surface area (Å²) in [7, 11) is 0. The summed E-state index contributed by atoms with van der Waals surface area (Å²) in [5.74, 6) is -6.71. The van der Waals surface area contributed by atoms with Crippen LogP contribution in [0.4, 0.5) is 31.1 Å². The van der Waals surface area contributed by atoms with Crippen molar-refractivity contribution in [1.82, 2.24) is 15.1 Å². The second kappa shape index (κ2) is 10.1. The van der Waals surface area contributed by atoms with Gasteiger partial charge >= 0.3 is 18.2 Å². The van der Waals surface area contributed by atoms with Crippen LogP contribution in [0.1, 0.15) is 46.1 Å². The van der Waals surface area contributed by atoms with Crippen LogP contribution in [0.2, 0.25) is 0 Å². The number of hydrogen-bond acceptors (Lipinski definition) is 4. The van der Waals surface area contributed by atoms with Gasteiger partial charge in [0, 0.05) is 44.1 Å². The number of carbonyl (C=O) groups is 3. The Kier molecular flexibility index (Phi) is 7.76. The molecule has 206 valence electrons. The van der Waals surface area contributed by atoms with Gasteiger partial charge in [-0.2, -0.15) is 13.2 Å². The topological polar surface area (TPSA) is 79.0 Å². The summed E-state index contributed by atoms with van der Waals surface area (Å²) in [5.41, 5.74) is -2.26. The first-order chi connectivity index (χ1) is 16.9. The van der Waals surface area contributed by atoms with E-state index in [0.717, 1.165) is 0 Å². The van der Waals surface area contributed by atoms with E-state index in [2.05, 4.69) is 5.32 Å². The van der Waals surface area contributed by atoms with Gasteiger partial charge in [0.15, 0.2) is 11.6 Å². The lowest BCUT2D eigenvalue weighted by atomic mass is 9.90. The molecule has 3 atom stereocenters. The summed E-state index contributed by atoms with van der Waals surface area (Å²) in [4.78, 5) is 39.5. The van der Waals surface area contributed by atoms with E-state index in [1.807, 2.05) is 0 Å². The van der Waals surface area contributed by atoms with E-state index in [-0.39, 0.29) is 37.5 Å². The highest BCUT2D eigenvalue weighted by Crippen LogP contribution is 2.42. The fraction of sp³-hybridized carbons (Fsp3) is 0.625. The Morgan fingerprint density at radius 3 is 2.32 bits per heavy atom. The van der Waals surface area contributed by atoms with Gasteiger partial charge in [0.1, 0.15) is 11.4 Å². The molecule has 7 nitrogen and oxygen atoms in total. The van der Waals surface area contributed by atoms with Crippen LogP contribution < -0.4 is 5.32 Å². The summed E-state index contributed by atoms with van der Waals surface area (Å²) in [6, 6.07) is -0.129. The maximum absolute atomic E-state index is 14.3. The summed E-state index contributed by atoms with van der Waals surface area (Å²) >= 11 is 0. The van der Waals surface area contributed by atoms with Crippen LogP contribution in [0, 0.1) is 23.4 Å². The second-order valence-electron chi connectivity index (χ2n) is 10.7. The van der Waals surface area contributed by atoms with E-state index in [1.165, 1.54) is 4.90 Å². The van der Waals surface area contributed by atoms with Crippen molar-refractivity contribution >= 4 is 17.9 Å². The monoisotopic (exact) mass is 537 g/mol. The average molecular weight is 538 g/mol. The van der Waals surface area contributed by atoms with Crippen molar-refractivity contribution in [2.24, 2.45) is 5.92 Å². The Balaban J connectivity index is 1.79. The van der Waals surface area contributed by atoms with Gasteiger partial charge in [-0.3, -0.25) is 9.59 Å². The van der Waals surface area contributed by atoms with Crippen LogP contribution in [-0.4, -0.2) is 70.7 Å². The molecule has 0 aliphatic carbocycles. The number of hydrogen-bond donors (Lipinski definition) is 1. The van der Waals surface area contributed by atoms with E-state index in [1.54, 1.807) is 27.7 Å². The summed E-state index contributed by atoms with van der Waals surface area (Å²) in [6.45, 7) is 6.13. The molecule has 1 N–H and O–H groups in total. The molecule has 3 rings (SSSR count). The van der Waals surface area contributed by atoms with Gasteiger partial charge in [0.05, 0.1) is 5.54 Å². The quantitative estimate of drug-likeness (QED) is 0.456. The van der Waals surface area contributed by atoms with Crippen molar-refractivity contribution < 1.29 is 45.5 Å². The Labute approximate surface area is 210 Å². The lowest BCUT2D eigenvalue weighted by Crippen LogP contribution is -2.53. The molecule has 1 aromatic carbocycles. The largest absolute Gasteiger partial charge is 0.471 e. The molecule has 2 aliphatic rings. The van der Waals surface area contributed by atoms with Crippen molar-refractivity contribution in [2.75, 3.05) is 19.6 Å². The zero-order chi connectivity index (χ0) is 27.9. The van der Waals surface area contributed by atoms with Crippen LogP contribution in [-0.2, 0) is 20.7 Å². The number of carbonyl (C=O) groups excluding carboxylic acids is 3. The Hall–Kier alpha value is -2.99. The predicted molar refractivity (Wildman–Crippen MR) is 119 cm³/mol. The van der Waals surface area contributed by atoms with Crippen molar-refractivity contribution in [2.45, 2.75) is 70.3 Å². The zero-order valence-corrected chi connectivity index (χ0v) is 20.8. The number of amides is 3. The Morgan fingerprint density at radius 1 is 1.11 bits per heavy atom. The normalized spacial score (nSPS) is 22.6. The van der Waals surface area contributed by atoms with Gasteiger partial charge in [0.25, 0.3) is 0 Å². The van der Waals surface area contributed by atoms with Crippen molar-refractivity contribution in [1.29, 1.82) is 0 Å². The molecule has 0 bridgehead atoms. The molecule has 13 heteroatoms. The SMILES string of the molecule is CC(C)(C)OC(=O)N[C@@H](CC(=O)N1CC[C@H]2CN(C(=O)C(F)(F)F)CC21C)Cc1cc(F)c(F)cc1F. The van der Waals surface area contributed by atoms with Gasteiger partial charge in [-0.15, -0.1) is 0 Å². The number of rotatable bonds is 5. The standard InChI is InChI=1S/C24H29F6N3O4/c1-22(2,3)37-21(36)31-15(7-13-8-17(26)18(27)10-16(13)25)9-19(34)33-6-5-14-11-32(12-23(14,33)4)20(35)24(28,29)30/h8,10,14-15H,5-7,9,11-12H2,1-4H3,(H,31,36)/t14-,15+,23?/m0/s1. The molecule has 37 heavy (non-hydrogen) atoms. The van der Waals surface area contributed by atoms with Crippen molar-refractivity contribution in [3.05, 3.63) is 35.1 Å². The maximum Gasteiger partial charge on any atom is 0.471 e. The highest BCUT2D eigenvalue weighted by Gasteiger charge is 2.56. The van der Waals surface area contributed by atoms with Crippen LogP contribution in [0.25, 0.3) is 0 Å². The lowest BCUT2D eigenvalue weighted by Gasteiger charge is -2.36. The van der Waals surface area contributed by atoms with E-state index in [9.17, 15) is 40.7 Å². The smallest absolute Gasteiger partial charge is 0.444 e. The first-order valence-corrected chi connectivity index (χ1v) is 11.7. The van der Waals surface area contributed by atoms with E-state index < -0.39 is 65.1 Å². The third-order valence-electron chi connectivity index (χ3n) is 6.68. The van der Waals surface area contributed by atoms with E-state index >= 15 is 0 Å². The summed E-state index contributed by atoms with van der Waals surface area (Å²) in [6.07, 6.45) is -6.41. The molecule has 1 aromatic rings. The molecule has 0 saturated carbocycles. The number of alkyl carbamates (subject to hydrolysis) is 1. The molecule has 2 saturated heterocycles. The first kappa shape index (κ1) is 28.6. The fourth-order valence-electron chi connectivity index (χ4n) is 4.99.